The number of imidazole rings is 1. The minimum Gasteiger partial charge on any atom is -0.328 e. The van der Waals surface area contributed by atoms with Crippen LogP contribution in [0.15, 0.2) is 54.6 Å². The van der Waals surface area contributed by atoms with Gasteiger partial charge in [-0.2, -0.15) is 0 Å². The van der Waals surface area contributed by atoms with Crippen molar-refractivity contribution in [3.05, 3.63) is 77.1 Å². The predicted octanol–water partition coefficient (Wildman–Crippen LogP) is 3.85. The number of hydrogen-bond donors (Lipinski definition) is 2. The maximum absolute atomic E-state index is 11.3. The molecule has 0 spiro atoms. The average molecular weight is 363 g/mol. The molecule has 3 aromatic rings. The molecule has 2 aromatic carbocycles. The zero-order valence-electron chi connectivity index (χ0n) is 15.8. The smallest absolute Gasteiger partial charge is 0.243 e. The van der Waals surface area contributed by atoms with Gasteiger partial charge in [0.25, 0.3) is 0 Å². The van der Waals surface area contributed by atoms with E-state index >= 15 is 0 Å². The Balaban J connectivity index is 1.84. The topological polar surface area (TPSA) is 67.2 Å². The van der Waals surface area contributed by atoms with Crippen molar-refractivity contribution in [2.45, 2.75) is 39.7 Å². The SMILES string of the molecule is Cc1nc(-c2cccc(CCC(=O)NO)c2)n(CCc2ccccc2)c1C. The van der Waals surface area contributed by atoms with Gasteiger partial charge in [0, 0.05) is 24.2 Å². The van der Waals surface area contributed by atoms with Gasteiger partial charge in [0.15, 0.2) is 0 Å². The largest absolute Gasteiger partial charge is 0.328 e. The van der Waals surface area contributed by atoms with Crippen molar-refractivity contribution in [1.82, 2.24) is 15.0 Å². The number of nitrogens with one attached hydrogen (secondary N) is 1. The Morgan fingerprint density at radius 1 is 1.04 bits per heavy atom. The third-order valence-corrected chi connectivity index (χ3v) is 4.88. The molecule has 0 aliphatic rings. The molecule has 1 aromatic heterocycles. The molecule has 3 rings (SSSR count). The molecule has 0 saturated carbocycles. The summed E-state index contributed by atoms with van der Waals surface area (Å²) in [5, 5.41) is 8.66. The molecule has 140 valence electrons. The number of hydroxylamine groups is 1. The summed E-state index contributed by atoms with van der Waals surface area (Å²) in [6.07, 6.45) is 1.77. The highest BCUT2D eigenvalue weighted by Gasteiger charge is 2.13. The van der Waals surface area contributed by atoms with Gasteiger partial charge in [0.2, 0.25) is 5.91 Å². The summed E-state index contributed by atoms with van der Waals surface area (Å²) < 4.78 is 2.27. The highest BCUT2D eigenvalue weighted by atomic mass is 16.5. The van der Waals surface area contributed by atoms with Crippen LogP contribution in [-0.2, 0) is 24.2 Å². The third-order valence-electron chi connectivity index (χ3n) is 4.88. The Kier molecular flexibility index (Phi) is 6.04. The molecule has 0 saturated heterocycles. The molecule has 1 heterocycles. The Labute approximate surface area is 159 Å². The van der Waals surface area contributed by atoms with Gasteiger partial charge in [0.1, 0.15) is 5.82 Å². The highest BCUT2D eigenvalue weighted by Crippen LogP contribution is 2.24. The fraction of sp³-hybridized carbons (Fsp3) is 0.273. The maximum Gasteiger partial charge on any atom is 0.243 e. The number of carbonyl (C=O) groups is 1. The highest BCUT2D eigenvalue weighted by molar-refractivity contribution is 5.74. The number of aryl methyl sites for hydroxylation is 3. The van der Waals surface area contributed by atoms with Crippen LogP contribution >= 0.6 is 0 Å². The Morgan fingerprint density at radius 3 is 2.52 bits per heavy atom. The quantitative estimate of drug-likeness (QED) is 0.495. The minimum absolute atomic E-state index is 0.250. The van der Waals surface area contributed by atoms with Crippen LogP contribution in [0.25, 0.3) is 11.4 Å². The molecular weight excluding hydrogens is 338 g/mol. The second-order valence-corrected chi connectivity index (χ2v) is 6.73. The van der Waals surface area contributed by atoms with Crippen molar-refractivity contribution >= 4 is 5.91 Å². The summed E-state index contributed by atoms with van der Waals surface area (Å²) >= 11 is 0. The van der Waals surface area contributed by atoms with E-state index in [1.54, 1.807) is 5.48 Å². The van der Waals surface area contributed by atoms with Crippen molar-refractivity contribution in [2.75, 3.05) is 0 Å². The molecule has 0 unspecified atom stereocenters. The van der Waals surface area contributed by atoms with Crippen molar-refractivity contribution in [3.8, 4) is 11.4 Å². The van der Waals surface area contributed by atoms with Crippen molar-refractivity contribution in [3.63, 3.8) is 0 Å². The lowest BCUT2D eigenvalue weighted by atomic mass is 10.1. The summed E-state index contributed by atoms with van der Waals surface area (Å²) in [5.74, 6) is 0.575. The van der Waals surface area contributed by atoms with Gasteiger partial charge >= 0.3 is 0 Å². The average Bonchev–Trinajstić information content (AvgIpc) is 2.99. The second-order valence-electron chi connectivity index (χ2n) is 6.73. The first-order chi connectivity index (χ1) is 13.1. The van der Waals surface area contributed by atoms with Crippen LogP contribution in [0.3, 0.4) is 0 Å². The van der Waals surface area contributed by atoms with Crippen LogP contribution in [0.4, 0.5) is 0 Å². The first kappa shape index (κ1) is 18.9. The molecule has 5 heteroatoms. The molecule has 5 nitrogen and oxygen atoms in total. The Hall–Kier alpha value is -2.92. The number of rotatable bonds is 7. The molecule has 1 amide bonds. The summed E-state index contributed by atoms with van der Waals surface area (Å²) in [6, 6.07) is 18.6. The fourth-order valence-corrected chi connectivity index (χ4v) is 3.21. The predicted molar refractivity (Wildman–Crippen MR) is 106 cm³/mol. The molecule has 0 radical (unpaired) electrons. The van der Waals surface area contributed by atoms with Crippen LogP contribution < -0.4 is 5.48 Å². The normalized spacial score (nSPS) is 10.8. The van der Waals surface area contributed by atoms with E-state index in [0.29, 0.717) is 6.42 Å². The van der Waals surface area contributed by atoms with E-state index in [2.05, 4.69) is 47.9 Å². The lowest BCUT2D eigenvalue weighted by molar-refractivity contribution is -0.129. The first-order valence-electron chi connectivity index (χ1n) is 9.18. The van der Waals surface area contributed by atoms with Crippen LogP contribution in [0.5, 0.6) is 0 Å². The Morgan fingerprint density at radius 2 is 1.78 bits per heavy atom. The second kappa shape index (κ2) is 8.64. The zero-order valence-corrected chi connectivity index (χ0v) is 15.8. The number of amides is 1. The molecule has 0 bridgehead atoms. The van der Waals surface area contributed by atoms with Crippen molar-refractivity contribution in [1.29, 1.82) is 0 Å². The molecule has 0 fully saturated rings. The molecule has 0 aliphatic heterocycles. The van der Waals surface area contributed by atoms with Crippen molar-refractivity contribution < 1.29 is 10.0 Å². The van der Waals surface area contributed by atoms with Gasteiger partial charge in [-0.15, -0.1) is 0 Å². The molecule has 0 atom stereocenters. The lowest BCUT2D eigenvalue weighted by Crippen LogP contribution is -2.18. The third kappa shape index (κ3) is 4.63. The van der Waals surface area contributed by atoms with Crippen LogP contribution in [0.1, 0.15) is 28.9 Å². The molecular formula is C22H25N3O2. The number of nitrogens with zero attached hydrogens (tertiary/aromatic N) is 2. The van der Waals surface area contributed by atoms with Crippen LogP contribution in [-0.4, -0.2) is 20.7 Å². The molecule has 2 N–H and O–H groups in total. The van der Waals surface area contributed by atoms with E-state index in [1.807, 2.05) is 25.1 Å². The monoisotopic (exact) mass is 363 g/mol. The van der Waals surface area contributed by atoms with Gasteiger partial charge < -0.3 is 4.57 Å². The van der Waals surface area contributed by atoms with Crippen molar-refractivity contribution in [2.24, 2.45) is 0 Å². The molecule has 0 aliphatic carbocycles. The van der Waals surface area contributed by atoms with Gasteiger partial charge in [0.05, 0.1) is 5.69 Å². The number of benzene rings is 2. The molecule has 27 heavy (non-hydrogen) atoms. The minimum atomic E-state index is -0.378. The van der Waals surface area contributed by atoms with E-state index in [9.17, 15) is 4.79 Å². The lowest BCUT2D eigenvalue weighted by Gasteiger charge is -2.11. The maximum atomic E-state index is 11.3. The number of carbonyl (C=O) groups excluding carboxylic acids is 1. The van der Waals surface area contributed by atoms with Gasteiger partial charge in [-0.05, 0) is 43.9 Å². The summed E-state index contributed by atoms with van der Waals surface area (Å²) in [6.45, 7) is 5.00. The van der Waals surface area contributed by atoms with E-state index in [1.165, 1.54) is 11.3 Å². The zero-order chi connectivity index (χ0) is 19.2. The van der Waals surface area contributed by atoms with Gasteiger partial charge in [-0.1, -0.05) is 48.5 Å². The Bertz CT molecular complexity index is 917. The summed E-state index contributed by atoms with van der Waals surface area (Å²) in [5.41, 5.74) is 7.27. The first-order valence-corrected chi connectivity index (χ1v) is 9.18. The van der Waals surface area contributed by atoms with Crippen LogP contribution in [0, 0.1) is 13.8 Å². The number of hydrogen-bond acceptors (Lipinski definition) is 3. The van der Waals surface area contributed by atoms with E-state index < -0.39 is 0 Å². The van der Waals surface area contributed by atoms with Gasteiger partial charge in [-0.3, -0.25) is 10.0 Å². The standard InChI is InChI=1S/C22H25N3O2/c1-16-17(2)25(14-13-18-7-4-3-5-8-18)22(23-16)20-10-6-9-19(15-20)11-12-21(26)24-27/h3-10,15,27H,11-14H2,1-2H3,(H,24,26). The van der Waals surface area contributed by atoms with E-state index in [-0.39, 0.29) is 12.3 Å². The van der Waals surface area contributed by atoms with Gasteiger partial charge in [-0.25, -0.2) is 10.5 Å². The van der Waals surface area contributed by atoms with E-state index in [4.69, 9.17) is 10.2 Å². The summed E-state index contributed by atoms with van der Waals surface area (Å²) in [4.78, 5) is 16.1. The van der Waals surface area contributed by atoms with E-state index in [0.717, 1.165) is 35.6 Å². The number of aromatic nitrogens is 2. The fourth-order valence-electron chi connectivity index (χ4n) is 3.21. The summed E-state index contributed by atoms with van der Waals surface area (Å²) in [7, 11) is 0. The van der Waals surface area contributed by atoms with Crippen LogP contribution in [0.2, 0.25) is 0 Å².